The van der Waals surface area contributed by atoms with E-state index >= 15 is 0 Å². The highest BCUT2D eigenvalue weighted by Crippen LogP contribution is 2.33. The molecule has 0 saturated carbocycles. The number of carbonyl (C=O) groups excluding carboxylic acids is 1. The highest BCUT2D eigenvalue weighted by molar-refractivity contribution is 5.83. The number of fused-ring (bicyclic) bond motifs is 1. The molecule has 0 amide bonds. The van der Waals surface area contributed by atoms with E-state index in [4.69, 9.17) is 11.6 Å². The molecule has 15 heavy (non-hydrogen) atoms. The van der Waals surface area contributed by atoms with Gasteiger partial charge in [0.2, 0.25) is 0 Å². The van der Waals surface area contributed by atoms with Crippen molar-refractivity contribution < 1.29 is 9.63 Å². The molecule has 1 atom stereocenters. The molecule has 1 unspecified atom stereocenters. The summed E-state index contributed by atoms with van der Waals surface area (Å²) in [5.74, 6) is 4.36. The monoisotopic (exact) mass is 206 g/mol. The molecule has 1 aliphatic carbocycles. The van der Waals surface area contributed by atoms with Crippen LogP contribution in [0.4, 0.5) is 0 Å². The smallest absolute Gasteiger partial charge is 0.349 e. The summed E-state index contributed by atoms with van der Waals surface area (Å²) < 4.78 is 0. The molecular weight excluding hydrogens is 192 g/mol. The zero-order valence-corrected chi connectivity index (χ0v) is 8.40. The highest BCUT2D eigenvalue weighted by Gasteiger charge is 2.40. The molecule has 80 valence electrons. The Balaban J connectivity index is 2.49. The van der Waals surface area contributed by atoms with Crippen LogP contribution in [-0.4, -0.2) is 5.97 Å². The first-order chi connectivity index (χ1) is 7.18. The van der Waals surface area contributed by atoms with E-state index < -0.39 is 11.5 Å². The fourth-order valence-electron chi connectivity index (χ4n) is 2.18. The van der Waals surface area contributed by atoms with E-state index in [2.05, 4.69) is 4.84 Å². The summed E-state index contributed by atoms with van der Waals surface area (Å²) in [6.07, 6.45) is 2.41. The molecule has 0 fully saturated rings. The second-order valence-electron chi connectivity index (χ2n) is 3.89. The predicted molar refractivity (Wildman–Crippen MR) is 55.5 cm³/mol. The second kappa shape index (κ2) is 3.64. The van der Waals surface area contributed by atoms with Gasteiger partial charge in [0.15, 0.2) is 0 Å². The van der Waals surface area contributed by atoms with Crippen molar-refractivity contribution in [2.24, 2.45) is 11.6 Å². The predicted octanol–water partition coefficient (Wildman–Crippen LogP) is 0.594. The molecule has 0 aromatic heterocycles. The first kappa shape index (κ1) is 10.1. The minimum absolute atomic E-state index is 0.561. The van der Waals surface area contributed by atoms with Gasteiger partial charge in [-0.2, -0.15) is 5.90 Å². The summed E-state index contributed by atoms with van der Waals surface area (Å²) in [4.78, 5) is 15.9. The van der Waals surface area contributed by atoms with E-state index in [0.717, 1.165) is 24.0 Å². The molecule has 0 aliphatic heterocycles. The van der Waals surface area contributed by atoms with Crippen molar-refractivity contribution >= 4 is 5.97 Å². The largest absolute Gasteiger partial charge is 0.372 e. The van der Waals surface area contributed by atoms with Crippen molar-refractivity contribution in [3.05, 3.63) is 35.4 Å². The van der Waals surface area contributed by atoms with Crippen LogP contribution in [0.25, 0.3) is 0 Å². The van der Waals surface area contributed by atoms with Gasteiger partial charge in [-0.15, -0.1) is 0 Å². The minimum Gasteiger partial charge on any atom is -0.372 e. The third-order valence-corrected chi connectivity index (χ3v) is 2.99. The number of aryl methyl sites for hydroxylation is 1. The summed E-state index contributed by atoms with van der Waals surface area (Å²) in [5, 5.41) is 0. The number of benzene rings is 1. The molecule has 1 aromatic carbocycles. The lowest BCUT2D eigenvalue weighted by molar-refractivity contribution is -0.151. The Morgan fingerprint density at radius 3 is 2.87 bits per heavy atom. The van der Waals surface area contributed by atoms with E-state index in [1.54, 1.807) is 0 Å². The normalized spacial score (nSPS) is 24.4. The molecule has 2 rings (SSSR count). The first-order valence-corrected chi connectivity index (χ1v) is 4.97. The van der Waals surface area contributed by atoms with Crippen molar-refractivity contribution in [1.82, 2.24) is 0 Å². The lowest BCUT2D eigenvalue weighted by atomic mass is 9.77. The zero-order valence-electron chi connectivity index (χ0n) is 8.40. The van der Waals surface area contributed by atoms with E-state index in [0.29, 0.717) is 6.42 Å². The van der Waals surface area contributed by atoms with Gasteiger partial charge < -0.3 is 10.6 Å². The van der Waals surface area contributed by atoms with Crippen LogP contribution in [0.15, 0.2) is 24.3 Å². The Bertz CT molecular complexity index is 392. The molecule has 1 aromatic rings. The lowest BCUT2D eigenvalue weighted by Crippen LogP contribution is -2.49. The zero-order chi connectivity index (χ0) is 10.9. The maximum atomic E-state index is 11.6. The average Bonchev–Trinajstić information content (AvgIpc) is 2.28. The molecular formula is C11H14N2O2. The number of hydrogen-bond acceptors (Lipinski definition) is 4. The van der Waals surface area contributed by atoms with Crippen molar-refractivity contribution in [3.63, 3.8) is 0 Å². The van der Waals surface area contributed by atoms with Crippen molar-refractivity contribution in [2.45, 2.75) is 24.8 Å². The van der Waals surface area contributed by atoms with Gasteiger partial charge in [-0.1, -0.05) is 24.3 Å². The molecule has 0 bridgehead atoms. The third kappa shape index (κ3) is 1.52. The van der Waals surface area contributed by atoms with Crippen LogP contribution in [0.3, 0.4) is 0 Å². The van der Waals surface area contributed by atoms with Crippen LogP contribution in [0.5, 0.6) is 0 Å². The van der Waals surface area contributed by atoms with Crippen LogP contribution in [-0.2, 0) is 21.6 Å². The molecule has 1 aliphatic rings. The first-order valence-electron chi connectivity index (χ1n) is 4.97. The number of carbonyl (C=O) groups is 1. The Hall–Kier alpha value is -1.39. The quantitative estimate of drug-likeness (QED) is 0.659. The van der Waals surface area contributed by atoms with Crippen molar-refractivity contribution in [2.75, 3.05) is 0 Å². The van der Waals surface area contributed by atoms with Crippen molar-refractivity contribution in [1.29, 1.82) is 0 Å². The third-order valence-electron chi connectivity index (χ3n) is 2.99. The van der Waals surface area contributed by atoms with Gasteiger partial charge in [0.1, 0.15) is 5.54 Å². The van der Waals surface area contributed by atoms with E-state index in [-0.39, 0.29) is 0 Å². The van der Waals surface area contributed by atoms with Crippen LogP contribution in [0, 0.1) is 0 Å². The summed E-state index contributed by atoms with van der Waals surface area (Å²) in [5.41, 5.74) is 6.95. The fraction of sp³-hybridized carbons (Fsp3) is 0.364. The Morgan fingerprint density at radius 1 is 1.40 bits per heavy atom. The summed E-state index contributed by atoms with van der Waals surface area (Å²) in [6.45, 7) is 0. The highest BCUT2D eigenvalue weighted by atomic mass is 16.7. The van der Waals surface area contributed by atoms with Crippen LogP contribution >= 0.6 is 0 Å². The van der Waals surface area contributed by atoms with E-state index in [1.807, 2.05) is 24.3 Å². The minimum atomic E-state index is -1.07. The maximum Gasteiger partial charge on any atom is 0.349 e. The van der Waals surface area contributed by atoms with Crippen LogP contribution < -0.4 is 11.6 Å². The summed E-state index contributed by atoms with van der Waals surface area (Å²) >= 11 is 0. The average molecular weight is 206 g/mol. The van der Waals surface area contributed by atoms with Gasteiger partial charge in [-0.3, -0.25) is 0 Å². The van der Waals surface area contributed by atoms with Gasteiger partial charge in [-0.05, 0) is 30.4 Å². The lowest BCUT2D eigenvalue weighted by Gasteiger charge is -2.32. The summed E-state index contributed by atoms with van der Waals surface area (Å²) in [7, 11) is 0. The maximum absolute atomic E-state index is 11.6. The molecule has 0 radical (unpaired) electrons. The molecule has 0 spiro atoms. The van der Waals surface area contributed by atoms with Gasteiger partial charge in [0.25, 0.3) is 0 Å². The Morgan fingerprint density at radius 2 is 2.13 bits per heavy atom. The topological polar surface area (TPSA) is 78.3 Å². The van der Waals surface area contributed by atoms with Crippen LogP contribution in [0.1, 0.15) is 24.0 Å². The molecule has 0 heterocycles. The van der Waals surface area contributed by atoms with E-state index in [1.165, 1.54) is 0 Å². The van der Waals surface area contributed by atoms with Gasteiger partial charge in [0.05, 0.1) is 0 Å². The van der Waals surface area contributed by atoms with Gasteiger partial charge in [0, 0.05) is 0 Å². The Labute approximate surface area is 88.2 Å². The standard InChI is InChI=1S/C11H14N2O2/c12-11(10(14)15-13)7-3-5-8-4-1-2-6-9(8)11/h1-2,4,6H,3,5,7,12-13H2. The molecule has 4 N–H and O–H groups in total. The van der Waals surface area contributed by atoms with Crippen molar-refractivity contribution in [3.8, 4) is 0 Å². The fourth-order valence-corrected chi connectivity index (χ4v) is 2.18. The SMILES string of the molecule is NOC(=O)C1(N)CCCc2ccccc21. The van der Waals surface area contributed by atoms with Gasteiger partial charge in [-0.25, -0.2) is 4.79 Å². The second-order valence-corrected chi connectivity index (χ2v) is 3.89. The number of rotatable bonds is 1. The molecule has 0 saturated heterocycles. The summed E-state index contributed by atoms with van der Waals surface area (Å²) in [6, 6.07) is 7.67. The van der Waals surface area contributed by atoms with E-state index in [9.17, 15) is 4.79 Å². The Kier molecular flexibility index (Phi) is 2.46. The number of hydrogen-bond donors (Lipinski definition) is 2. The van der Waals surface area contributed by atoms with Gasteiger partial charge >= 0.3 is 5.97 Å². The van der Waals surface area contributed by atoms with Crippen LogP contribution in [0.2, 0.25) is 0 Å². The number of nitrogens with two attached hydrogens (primary N) is 2. The molecule has 4 nitrogen and oxygen atoms in total. The molecule has 4 heteroatoms.